The fraction of sp³-hybridized carbons (Fsp3) is 0.615. The van der Waals surface area contributed by atoms with Crippen molar-refractivity contribution in [1.29, 1.82) is 0 Å². The number of carbonyl (C=O) groups is 2. The predicted molar refractivity (Wildman–Crippen MR) is 72.5 cm³/mol. The smallest absolute Gasteiger partial charge is 0.310 e. The number of carboxylic acid groups (broad SMARTS) is 1. The molecule has 1 aromatic heterocycles. The summed E-state index contributed by atoms with van der Waals surface area (Å²) in [5.74, 6) is -2.65. The van der Waals surface area contributed by atoms with Crippen LogP contribution in [0.3, 0.4) is 0 Å². The van der Waals surface area contributed by atoms with E-state index in [1.807, 2.05) is 0 Å². The molecule has 1 N–H and O–H groups in total. The SMILES string of the molecule is Cc1nn(C(=O)[C@@H]2[C@H](C(=O)O)[C@H]3CC[C@H]2O3)c(C)c1Br. The standard InChI is InChI=1S/C13H15BrN2O4/c1-5-11(14)6(2)16(15-5)12(17)9-7-3-4-8(20-7)10(9)13(18)19/h7-10H,3-4H2,1-2H3,(H,18,19)/t7-,8-,9+,10-/m1/s1. The fourth-order valence-corrected chi connectivity index (χ4v) is 3.53. The van der Waals surface area contributed by atoms with Crippen molar-refractivity contribution in [2.75, 3.05) is 0 Å². The zero-order chi connectivity index (χ0) is 14.6. The molecule has 4 atom stereocenters. The minimum atomic E-state index is -0.962. The van der Waals surface area contributed by atoms with Gasteiger partial charge in [-0.3, -0.25) is 9.59 Å². The predicted octanol–water partition coefficient (Wildman–Crippen LogP) is 1.78. The third-order valence-corrected chi connectivity index (χ3v) is 5.40. The van der Waals surface area contributed by atoms with E-state index in [4.69, 9.17) is 4.74 Å². The lowest BCUT2D eigenvalue weighted by molar-refractivity contribution is -0.144. The summed E-state index contributed by atoms with van der Waals surface area (Å²) in [5, 5.41) is 13.6. The highest BCUT2D eigenvalue weighted by Gasteiger charge is 2.56. The van der Waals surface area contributed by atoms with Gasteiger partial charge in [0.2, 0.25) is 0 Å². The van der Waals surface area contributed by atoms with Crippen molar-refractivity contribution in [3.8, 4) is 0 Å². The molecule has 0 spiro atoms. The zero-order valence-corrected chi connectivity index (χ0v) is 12.8. The molecule has 6 nitrogen and oxygen atoms in total. The molecular formula is C13H15BrN2O4. The molecule has 0 saturated carbocycles. The van der Waals surface area contributed by atoms with Crippen LogP contribution in [0.25, 0.3) is 0 Å². The first-order chi connectivity index (χ1) is 9.41. The largest absolute Gasteiger partial charge is 0.481 e. The van der Waals surface area contributed by atoms with E-state index in [9.17, 15) is 14.7 Å². The van der Waals surface area contributed by atoms with Gasteiger partial charge in [0, 0.05) is 0 Å². The summed E-state index contributed by atoms with van der Waals surface area (Å²) in [5.41, 5.74) is 1.41. The maximum absolute atomic E-state index is 12.7. The number of hydrogen-bond acceptors (Lipinski definition) is 4. The molecule has 0 aromatic carbocycles. The second-order valence-corrected chi connectivity index (χ2v) is 6.21. The molecule has 2 fully saturated rings. The number of aryl methyl sites for hydroxylation is 1. The number of fused-ring (bicyclic) bond motifs is 2. The van der Waals surface area contributed by atoms with Crippen molar-refractivity contribution in [3.63, 3.8) is 0 Å². The molecule has 0 radical (unpaired) electrons. The van der Waals surface area contributed by atoms with E-state index in [1.165, 1.54) is 4.68 Å². The lowest BCUT2D eigenvalue weighted by Gasteiger charge is -2.23. The topological polar surface area (TPSA) is 81.4 Å². The van der Waals surface area contributed by atoms with Gasteiger partial charge in [-0.1, -0.05) is 0 Å². The molecule has 0 amide bonds. The van der Waals surface area contributed by atoms with Crippen LogP contribution in [-0.2, 0) is 9.53 Å². The van der Waals surface area contributed by atoms with Crippen molar-refractivity contribution < 1.29 is 19.4 Å². The first kappa shape index (κ1) is 13.8. The summed E-state index contributed by atoms with van der Waals surface area (Å²) in [6.45, 7) is 3.58. The van der Waals surface area contributed by atoms with Crippen molar-refractivity contribution in [3.05, 3.63) is 15.9 Å². The third-order valence-electron chi connectivity index (χ3n) is 4.26. The van der Waals surface area contributed by atoms with Gasteiger partial charge in [0.15, 0.2) is 0 Å². The van der Waals surface area contributed by atoms with Crippen LogP contribution in [0.2, 0.25) is 0 Å². The number of aliphatic carboxylic acids is 1. The number of aromatic nitrogens is 2. The van der Waals surface area contributed by atoms with Crippen molar-refractivity contribution in [2.45, 2.75) is 38.9 Å². The fourth-order valence-electron chi connectivity index (χ4n) is 3.28. The van der Waals surface area contributed by atoms with Crippen LogP contribution in [0, 0.1) is 25.7 Å². The van der Waals surface area contributed by atoms with Gasteiger partial charge in [0.1, 0.15) is 0 Å². The van der Waals surface area contributed by atoms with Gasteiger partial charge in [-0.05, 0) is 42.6 Å². The van der Waals surface area contributed by atoms with Crippen molar-refractivity contribution >= 4 is 27.8 Å². The Hall–Kier alpha value is -1.21. The molecule has 2 aliphatic rings. The van der Waals surface area contributed by atoms with Crippen LogP contribution in [0.15, 0.2) is 4.47 Å². The van der Waals surface area contributed by atoms with E-state index in [1.54, 1.807) is 13.8 Å². The van der Waals surface area contributed by atoms with Gasteiger partial charge in [0.05, 0.1) is 39.9 Å². The molecule has 0 unspecified atom stereocenters. The quantitative estimate of drug-likeness (QED) is 0.885. The van der Waals surface area contributed by atoms with Crippen molar-refractivity contribution in [1.82, 2.24) is 9.78 Å². The van der Waals surface area contributed by atoms with Crippen LogP contribution in [0.1, 0.15) is 29.0 Å². The summed E-state index contributed by atoms with van der Waals surface area (Å²) in [4.78, 5) is 24.1. The summed E-state index contributed by atoms with van der Waals surface area (Å²) in [6, 6.07) is 0. The third kappa shape index (κ3) is 1.83. The van der Waals surface area contributed by atoms with Crippen molar-refractivity contribution in [2.24, 2.45) is 11.8 Å². The molecule has 3 rings (SSSR count). The van der Waals surface area contributed by atoms with Crippen LogP contribution in [0.4, 0.5) is 0 Å². The van der Waals surface area contributed by atoms with E-state index in [2.05, 4.69) is 21.0 Å². The number of nitrogens with zero attached hydrogens (tertiary/aromatic N) is 2. The Kier molecular flexibility index (Phi) is 3.21. The minimum Gasteiger partial charge on any atom is -0.481 e. The highest BCUT2D eigenvalue weighted by atomic mass is 79.9. The number of halogens is 1. The Morgan fingerprint density at radius 2 is 1.90 bits per heavy atom. The van der Waals surface area contributed by atoms with Gasteiger partial charge >= 0.3 is 5.97 Å². The average molecular weight is 343 g/mol. The maximum Gasteiger partial charge on any atom is 0.310 e. The summed E-state index contributed by atoms with van der Waals surface area (Å²) in [7, 11) is 0. The van der Waals surface area contributed by atoms with Gasteiger partial charge in [0.25, 0.3) is 5.91 Å². The Labute approximate surface area is 124 Å². The van der Waals surface area contributed by atoms with Crippen LogP contribution in [-0.4, -0.2) is 39.0 Å². The van der Waals surface area contributed by atoms with Gasteiger partial charge in [-0.25, -0.2) is 4.68 Å². The highest BCUT2D eigenvalue weighted by Crippen LogP contribution is 2.44. The molecule has 2 saturated heterocycles. The van der Waals surface area contributed by atoms with Crippen LogP contribution < -0.4 is 0 Å². The van der Waals surface area contributed by atoms with Gasteiger partial charge in [-0.2, -0.15) is 5.10 Å². The molecule has 108 valence electrons. The molecule has 0 aliphatic carbocycles. The molecule has 2 bridgehead atoms. The lowest BCUT2D eigenvalue weighted by atomic mass is 9.79. The molecule has 20 heavy (non-hydrogen) atoms. The molecule has 7 heteroatoms. The highest BCUT2D eigenvalue weighted by molar-refractivity contribution is 9.10. The zero-order valence-electron chi connectivity index (χ0n) is 11.2. The number of ether oxygens (including phenoxy) is 1. The van der Waals surface area contributed by atoms with E-state index in [0.29, 0.717) is 17.8 Å². The Morgan fingerprint density at radius 1 is 1.30 bits per heavy atom. The summed E-state index contributed by atoms with van der Waals surface area (Å²) >= 11 is 3.38. The molecule has 1 aromatic rings. The van der Waals surface area contributed by atoms with E-state index in [0.717, 1.165) is 10.9 Å². The first-order valence-electron chi connectivity index (χ1n) is 6.56. The first-order valence-corrected chi connectivity index (χ1v) is 7.35. The monoisotopic (exact) mass is 342 g/mol. The van der Waals surface area contributed by atoms with Crippen LogP contribution in [0.5, 0.6) is 0 Å². The lowest BCUT2D eigenvalue weighted by Crippen LogP contribution is -2.41. The number of hydrogen-bond donors (Lipinski definition) is 1. The second-order valence-electron chi connectivity index (χ2n) is 5.41. The Bertz CT molecular complexity index is 597. The summed E-state index contributed by atoms with van der Waals surface area (Å²) in [6.07, 6.45) is 0.820. The Balaban J connectivity index is 1.97. The number of rotatable bonds is 2. The Morgan fingerprint density at radius 3 is 2.40 bits per heavy atom. The molecule has 2 aliphatic heterocycles. The molecular weight excluding hydrogens is 328 g/mol. The number of carboxylic acids is 1. The maximum atomic E-state index is 12.7. The van der Waals surface area contributed by atoms with Gasteiger partial charge in [-0.15, -0.1) is 0 Å². The number of carbonyl (C=O) groups excluding carboxylic acids is 1. The van der Waals surface area contributed by atoms with Crippen LogP contribution >= 0.6 is 15.9 Å². The normalized spacial score (nSPS) is 31.8. The average Bonchev–Trinajstić information content (AvgIpc) is 3.07. The van der Waals surface area contributed by atoms with Gasteiger partial charge < -0.3 is 9.84 Å². The summed E-state index contributed by atoms with van der Waals surface area (Å²) < 4.78 is 7.71. The van der Waals surface area contributed by atoms with E-state index in [-0.39, 0.29) is 18.1 Å². The van der Waals surface area contributed by atoms with E-state index < -0.39 is 17.8 Å². The van der Waals surface area contributed by atoms with E-state index >= 15 is 0 Å². The second kappa shape index (κ2) is 4.66. The molecule has 3 heterocycles. The minimum absolute atomic E-state index is 0.282.